The molecule has 0 saturated carbocycles. The number of fused-ring (bicyclic) bond motifs is 1. The maximum atomic E-state index is 13.3. The average molecular weight is 408 g/mol. The zero-order valence-corrected chi connectivity index (χ0v) is 18.4. The highest BCUT2D eigenvalue weighted by Gasteiger charge is 2.40. The fraction of sp³-hybridized carbons (Fsp3) is 0.500. The van der Waals surface area contributed by atoms with Crippen LogP contribution in [0.1, 0.15) is 47.7 Å². The van der Waals surface area contributed by atoms with E-state index < -0.39 is 0 Å². The molecule has 4 rings (SSSR count). The summed E-state index contributed by atoms with van der Waals surface area (Å²) in [5.74, 6) is 2.81. The molecule has 4 heteroatoms. The third-order valence-electron chi connectivity index (χ3n) is 7.13. The lowest BCUT2D eigenvalue weighted by molar-refractivity contribution is 0.0757. The predicted molar refractivity (Wildman–Crippen MR) is 119 cm³/mol. The Morgan fingerprint density at radius 3 is 2.33 bits per heavy atom. The molecule has 1 heterocycles. The molecular weight excluding hydrogens is 374 g/mol. The number of nitrogens with zero attached hydrogens (tertiary/aromatic N) is 1. The number of benzene rings is 2. The van der Waals surface area contributed by atoms with Crippen molar-refractivity contribution in [1.29, 1.82) is 0 Å². The second-order valence-electron chi connectivity index (χ2n) is 8.71. The van der Waals surface area contributed by atoms with Crippen molar-refractivity contribution in [3.63, 3.8) is 0 Å². The molecule has 4 nitrogen and oxygen atoms in total. The number of hydrogen-bond donors (Lipinski definition) is 0. The third kappa shape index (κ3) is 4.11. The van der Waals surface area contributed by atoms with E-state index >= 15 is 0 Å². The molecule has 1 fully saturated rings. The summed E-state index contributed by atoms with van der Waals surface area (Å²) in [6.45, 7) is 5.51. The Hall–Kier alpha value is -2.33. The smallest absolute Gasteiger partial charge is 0.166 e. The molecule has 1 aliphatic heterocycles. The molecule has 0 N–H and O–H groups in total. The van der Waals surface area contributed by atoms with Crippen molar-refractivity contribution in [2.75, 3.05) is 27.3 Å². The molecule has 0 radical (unpaired) electrons. The second-order valence-corrected chi connectivity index (χ2v) is 8.71. The number of carbonyl (C=O) groups excluding carboxylic acids is 1. The van der Waals surface area contributed by atoms with E-state index in [1.54, 1.807) is 14.2 Å². The molecule has 2 aromatic rings. The van der Waals surface area contributed by atoms with Gasteiger partial charge in [0.15, 0.2) is 17.3 Å². The highest BCUT2D eigenvalue weighted by Crippen LogP contribution is 2.43. The largest absolute Gasteiger partial charge is 0.493 e. The number of carbonyl (C=O) groups is 1. The maximum absolute atomic E-state index is 13.3. The number of hydrogen-bond acceptors (Lipinski definition) is 4. The zero-order chi connectivity index (χ0) is 21.1. The molecule has 1 aliphatic carbocycles. The van der Waals surface area contributed by atoms with Gasteiger partial charge in [-0.1, -0.05) is 43.7 Å². The molecule has 1 saturated heterocycles. The van der Waals surface area contributed by atoms with E-state index in [2.05, 4.69) is 42.2 Å². The molecule has 30 heavy (non-hydrogen) atoms. The van der Waals surface area contributed by atoms with Crippen molar-refractivity contribution in [3.05, 3.63) is 59.2 Å². The van der Waals surface area contributed by atoms with Gasteiger partial charge in [-0.25, -0.2) is 0 Å². The van der Waals surface area contributed by atoms with Crippen molar-refractivity contribution < 1.29 is 14.3 Å². The Balaban J connectivity index is 1.42. The summed E-state index contributed by atoms with van der Waals surface area (Å²) in [7, 11) is 3.27. The first-order chi connectivity index (χ1) is 14.6. The van der Waals surface area contributed by atoms with Crippen LogP contribution in [0.25, 0.3) is 0 Å². The minimum atomic E-state index is 0.0903. The lowest BCUT2D eigenvalue weighted by Gasteiger charge is -2.37. The molecule has 2 atom stereocenters. The van der Waals surface area contributed by atoms with Gasteiger partial charge in [0.1, 0.15) is 0 Å². The highest BCUT2D eigenvalue weighted by atomic mass is 16.5. The lowest BCUT2D eigenvalue weighted by Crippen LogP contribution is -2.38. The molecular formula is C26H33NO3. The minimum Gasteiger partial charge on any atom is -0.493 e. The molecule has 0 amide bonds. The predicted octanol–water partition coefficient (Wildman–Crippen LogP) is 5.00. The first kappa shape index (κ1) is 20.9. The van der Waals surface area contributed by atoms with E-state index in [9.17, 15) is 4.79 Å². The SMILES string of the molecule is CCC(C1CCN(Cc2ccccc2)CC1)C1Cc2cc(OC)c(OC)cc2C1=O. The van der Waals surface area contributed by atoms with Crippen molar-refractivity contribution in [2.45, 2.75) is 39.2 Å². The van der Waals surface area contributed by atoms with Gasteiger partial charge in [0.25, 0.3) is 0 Å². The van der Waals surface area contributed by atoms with Gasteiger partial charge in [-0.05, 0) is 67.4 Å². The summed E-state index contributed by atoms with van der Waals surface area (Å²) in [5.41, 5.74) is 3.33. The summed E-state index contributed by atoms with van der Waals surface area (Å²) in [6.07, 6.45) is 4.25. The summed E-state index contributed by atoms with van der Waals surface area (Å²) >= 11 is 0. The van der Waals surface area contributed by atoms with Crippen LogP contribution in [0.2, 0.25) is 0 Å². The molecule has 0 bridgehead atoms. The van der Waals surface area contributed by atoms with Gasteiger partial charge >= 0.3 is 0 Å². The van der Waals surface area contributed by atoms with Gasteiger partial charge in [0, 0.05) is 18.0 Å². The fourth-order valence-electron chi connectivity index (χ4n) is 5.52. The quantitative estimate of drug-likeness (QED) is 0.648. The van der Waals surface area contributed by atoms with Crippen LogP contribution in [0, 0.1) is 17.8 Å². The van der Waals surface area contributed by atoms with Crippen LogP contribution < -0.4 is 9.47 Å². The number of ketones is 1. The van der Waals surface area contributed by atoms with Crippen molar-refractivity contribution >= 4 is 5.78 Å². The molecule has 2 aromatic carbocycles. The number of Topliss-reactive ketones (excluding diaryl/α,β-unsaturated/α-hetero) is 1. The normalized spacial score (nSPS) is 20.8. The molecule has 2 aliphatic rings. The van der Waals surface area contributed by atoms with Gasteiger partial charge < -0.3 is 9.47 Å². The molecule has 160 valence electrons. The van der Waals surface area contributed by atoms with E-state index in [-0.39, 0.29) is 5.92 Å². The standard InChI is InChI=1S/C26H33NO3/c1-4-21(19-10-12-27(13-11-19)17-18-8-6-5-7-9-18)23-14-20-15-24(29-2)25(30-3)16-22(20)26(23)28/h5-9,15-16,19,21,23H,4,10-14,17H2,1-3H3. The third-order valence-corrected chi connectivity index (χ3v) is 7.13. The number of likely N-dealkylation sites (tertiary alicyclic amines) is 1. The maximum Gasteiger partial charge on any atom is 0.166 e. The lowest BCUT2D eigenvalue weighted by atomic mass is 9.73. The van der Waals surface area contributed by atoms with Crippen molar-refractivity contribution in [2.24, 2.45) is 17.8 Å². The van der Waals surface area contributed by atoms with E-state index in [0.29, 0.717) is 29.1 Å². The summed E-state index contributed by atoms with van der Waals surface area (Å²) in [4.78, 5) is 15.9. The van der Waals surface area contributed by atoms with Gasteiger partial charge in [-0.15, -0.1) is 0 Å². The van der Waals surface area contributed by atoms with Gasteiger partial charge in [-0.3, -0.25) is 9.69 Å². The molecule has 0 aromatic heterocycles. The van der Waals surface area contributed by atoms with E-state index in [1.807, 2.05) is 12.1 Å². The number of rotatable bonds is 7. The summed E-state index contributed by atoms with van der Waals surface area (Å²) in [5, 5.41) is 0. The van der Waals surface area contributed by atoms with E-state index in [4.69, 9.17) is 9.47 Å². The van der Waals surface area contributed by atoms with Crippen LogP contribution in [0.15, 0.2) is 42.5 Å². The van der Waals surface area contributed by atoms with Crippen molar-refractivity contribution in [3.8, 4) is 11.5 Å². The second kappa shape index (κ2) is 9.22. The Morgan fingerprint density at radius 2 is 1.70 bits per heavy atom. The zero-order valence-electron chi connectivity index (χ0n) is 18.4. The first-order valence-electron chi connectivity index (χ1n) is 11.2. The van der Waals surface area contributed by atoms with Crippen LogP contribution >= 0.6 is 0 Å². The monoisotopic (exact) mass is 407 g/mol. The van der Waals surface area contributed by atoms with Gasteiger partial charge in [0.05, 0.1) is 14.2 Å². The summed E-state index contributed by atoms with van der Waals surface area (Å²) < 4.78 is 10.9. The Labute approximate surface area is 180 Å². The molecule has 0 spiro atoms. The van der Waals surface area contributed by atoms with Crippen LogP contribution in [0.3, 0.4) is 0 Å². The van der Waals surface area contributed by atoms with Crippen LogP contribution in [-0.4, -0.2) is 38.0 Å². The topological polar surface area (TPSA) is 38.8 Å². The highest BCUT2D eigenvalue weighted by molar-refractivity contribution is 6.03. The van der Waals surface area contributed by atoms with Crippen LogP contribution in [-0.2, 0) is 13.0 Å². The van der Waals surface area contributed by atoms with Gasteiger partial charge in [0.2, 0.25) is 0 Å². The minimum absolute atomic E-state index is 0.0903. The number of piperidine rings is 1. The van der Waals surface area contributed by atoms with Crippen LogP contribution in [0.4, 0.5) is 0 Å². The Morgan fingerprint density at radius 1 is 1.03 bits per heavy atom. The first-order valence-corrected chi connectivity index (χ1v) is 11.2. The van der Waals surface area contributed by atoms with Crippen molar-refractivity contribution in [1.82, 2.24) is 4.90 Å². The van der Waals surface area contributed by atoms with E-state index in [1.165, 1.54) is 18.4 Å². The van der Waals surface area contributed by atoms with E-state index in [0.717, 1.165) is 43.6 Å². The van der Waals surface area contributed by atoms with Crippen LogP contribution in [0.5, 0.6) is 11.5 Å². The molecule has 2 unspecified atom stereocenters. The number of ether oxygens (including phenoxy) is 2. The Bertz CT molecular complexity index is 871. The number of methoxy groups -OCH3 is 2. The average Bonchev–Trinajstić information content (AvgIpc) is 3.10. The fourth-order valence-corrected chi connectivity index (χ4v) is 5.52. The summed E-state index contributed by atoms with van der Waals surface area (Å²) in [6, 6.07) is 14.6. The Kier molecular flexibility index (Phi) is 6.43. The van der Waals surface area contributed by atoms with Gasteiger partial charge in [-0.2, -0.15) is 0 Å².